The van der Waals surface area contributed by atoms with Crippen molar-refractivity contribution in [3.63, 3.8) is 0 Å². The van der Waals surface area contributed by atoms with Crippen LogP contribution in [0.4, 0.5) is 10.1 Å². The zero-order chi connectivity index (χ0) is 19.3. The van der Waals surface area contributed by atoms with Crippen LogP contribution >= 0.6 is 0 Å². The Bertz CT molecular complexity index is 900. The Hall–Kier alpha value is -2.29. The molecule has 26 heavy (non-hydrogen) atoms. The summed E-state index contributed by atoms with van der Waals surface area (Å²) in [7, 11) is -3.81. The van der Waals surface area contributed by atoms with Crippen LogP contribution in [0.25, 0.3) is 0 Å². The van der Waals surface area contributed by atoms with Crippen LogP contribution in [0.2, 0.25) is 0 Å². The number of carbonyl (C=O) groups is 1. The average Bonchev–Trinajstić information content (AvgIpc) is 2.62. The van der Waals surface area contributed by atoms with E-state index in [1.807, 2.05) is 0 Å². The van der Waals surface area contributed by atoms with Gasteiger partial charge < -0.3 is 10.4 Å². The van der Waals surface area contributed by atoms with Gasteiger partial charge in [0.15, 0.2) is 0 Å². The van der Waals surface area contributed by atoms with Gasteiger partial charge in [-0.25, -0.2) is 12.8 Å². The van der Waals surface area contributed by atoms with Crippen LogP contribution in [0, 0.1) is 12.7 Å². The first kappa shape index (κ1) is 20.0. The number of sulfonamides is 1. The second kappa shape index (κ2) is 8.39. The minimum absolute atomic E-state index is 0.0237. The molecule has 0 aliphatic carbocycles. The number of carbonyl (C=O) groups excluding carboxylic acids is 1. The highest BCUT2D eigenvalue weighted by molar-refractivity contribution is 7.89. The van der Waals surface area contributed by atoms with E-state index in [0.29, 0.717) is 11.3 Å². The number of aliphatic hydroxyl groups excluding tert-OH is 1. The van der Waals surface area contributed by atoms with Gasteiger partial charge in [-0.05, 0) is 48.9 Å². The molecule has 0 heterocycles. The van der Waals surface area contributed by atoms with Gasteiger partial charge in [0.25, 0.3) is 5.91 Å². The lowest BCUT2D eigenvalue weighted by atomic mass is 10.2. The Labute approximate surface area is 152 Å². The molecule has 1 amide bonds. The van der Waals surface area contributed by atoms with Crippen molar-refractivity contribution in [3.8, 4) is 0 Å². The van der Waals surface area contributed by atoms with Crippen molar-refractivity contribution in [3.05, 3.63) is 59.4 Å². The Morgan fingerprint density at radius 2 is 1.96 bits per heavy atom. The minimum Gasteiger partial charge on any atom is -0.395 e. The van der Waals surface area contributed by atoms with Gasteiger partial charge in [-0.2, -0.15) is 4.31 Å². The molecule has 8 heteroatoms. The number of anilines is 1. The monoisotopic (exact) mass is 380 g/mol. The number of hydrogen-bond donors (Lipinski definition) is 2. The van der Waals surface area contributed by atoms with Crippen LogP contribution in [0.5, 0.6) is 0 Å². The van der Waals surface area contributed by atoms with Crippen LogP contribution in [0.1, 0.15) is 22.8 Å². The molecule has 0 saturated heterocycles. The normalized spacial score (nSPS) is 11.6. The van der Waals surface area contributed by atoms with Gasteiger partial charge >= 0.3 is 0 Å². The number of hydrogen-bond acceptors (Lipinski definition) is 4. The summed E-state index contributed by atoms with van der Waals surface area (Å²) in [6.07, 6.45) is 0. The maximum Gasteiger partial charge on any atom is 0.255 e. The maximum atomic E-state index is 13.3. The number of nitrogens with zero attached hydrogens (tertiary/aromatic N) is 1. The predicted octanol–water partition coefficient (Wildman–Crippen LogP) is 2.39. The van der Waals surface area contributed by atoms with Crippen molar-refractivity contribution in [2.45, 2.75) is 18.7 Å². The zero-order valence-corrected chi connectivity index (χ0v) is 15.4. The summed E-state index contributed by atoms with van der Waals surface area (Å²) in [5, 5.41) is 11.6. The Morgan fingerprint density at radius 1 is 1.23 bits per heavy atom. The smallest absolute Gasteiger partial charge is 0.255 e. The van der Waals surface area contributed by atoms with Crippen molar-refractivity contribution < 1.29 is 22.7 Å². The van der Waals surface area contributed by atoms with Gasteiger partial charge in [0.2, 0.25) is 10.0 Å². The van der Waals surface area contributed by atoms with Crippen LogP contribution in [-0.4, -0.2) is 43.4 Å². The van der Waals surface area contributed by atoms with Gasteiger partial charge in [-0.1, -0.05) is 13.0 Å². The number of nitrogens with one attached hydrogen (secondary N) is 1. The number of halogens is 1. The number of benzene rings is 2. The summed E-state index contributed by atoms with van der Waals surface area (Å²) in [6.45, 7) is 3.13. The first-order chi connectivity index (χ1) is 12.3. The van der Waals surface area contributed by atoms with Crippen molar-refractivity contribution in [2.75, 3.05) is 25.0 Å². The molecule has 0 aliphatic rings. The number of likely N-dealkylation sites (N-methyl/N-ethyl adjacent to an activating group) is 1. The van der Waals surface area contributed by atoms with Crippen LogP contribution in [0.15, 0.2) is 47.4 Å². The molecule has 2 rings (SSSR count). The molecule has 2 aromatic rings. The second-order valence-electron chi connectivity index (χ2n) is 5.67. The Kier molecular flexibility index (Phi) is 6.47. The number of amides is 1. The van der Waals surface area contributed by atoms with E-state index in [2.05, 4.69) is 5.32 Å². The molecule has 0 spiro atoms. The maximum absolute atomic E-state index is 13.3. The van der Waals surface area contributed by atoms with E-state index in [9.17, 15) is 17.6 Å². The molecular formula is C18H21FN2O4S. The molecule has 0 saturated carbocycles. The van der Waals surface area contributed by atoms with Crippen molar-refractivity contribution in [1.82, 2.24) is 4.31 Å². The van der Waals surface area contributed by atoms with Gasteiger partial charge in [0.1, 0.15) is 5.82 Å². The molecule has 0 radical (unpaired) electrons. The summed E-state index contributed by atoms with van der Waals surface area (Å²) >= 11 is 0. The topological polar surface area (TPSA) is 86.7 Å². The van der Waals surface area contributed by atoms with Crippen molar-refractivity contribution >= 4 is 21.6 Å². The SMILES string of the molecule is CCN(CCO)S(=O)(=O)c1cccc(C(=O)Nc2ccc(F)c(C)c2)c1. The molecule has 0 bridgehead atoms. The highest BCUT2D eigenvalue weighted by Crippen LogP contribution is 2.19. The third-order valence-corrected chi connectivity index (χ3v) is 5.82. The fourth-order valence-corrected chi connectivity index (χ4v) is 3.92. The molecule has 0 fully saturated rings. The minimum atomic E-state index is -3.81. The lowest BCUT2D eigenvalue weighted by molar-refractivity contribution is 0.102. The van der Waals surface area contributed by atoms with Gasteiger partial charge in [0, 0.05) is 24.3 Å². The second-order valence-corrected chi connectivity index (χ2v) is 7.60. The lowest BCUT2D eigenvalue weighted by Gasteiger charge is -2.19. The van der Waals surface area contributed by atoms with Crippen molar-refractivity contribution in [1.29, 1.82) is 0 Å². The molecular weight excluding hydrogens is 359 g/mol. The highest BCUT2D eigenvalue weighted by Gasteiger charge is 2.23. The molecule has 2 aromatic carbocycles. The fourth-order valence-electron chi connectivity index (χ4n) is 2.43. The Balaban J connectivity index is 2.27. The molecule has 2 N–H and O–H groups in total. The quantitative estimate of drug-likeness (QED) is 0.772. The van der Waals surface area contributed by atoms with Gasteiger partial charge in [-0.3, -0.25) is 4.79 Å². The molecule has 0 aromatic heterocycles. The van der Waals surface area contributed by atoms with E-state index in [-0.39, 0.29) is 36.0 Å². The molecule has 140 valence electrons. The summed E-state index contributed by atoms with van der Waals surface area (Å²) in [6, 6.07) is 9.82. The summed E-state index contributed by atoms with van der Waals surface area (Å²) in [4.78, 5) is 12.4. The fraction of sp³-hybridized carbons (Fsp3) is 0.278. The third-order valence-electron chi connectivity index (χ3n) is 3.85. The molecule has 0 atom stereocenters. The standard InChI is InChI=1S/C18H21FN2O4S/c1-3-21(9-10-22)26(24,25)16-6-4-5-14(12-16)18(23)20-15-7-8-17(19)13(2)11-15/h4-8,11-12,22H,3,9-10H2,1-2H3,(H,20,23). The summed E-state index contributed by atoms with van der Waals surface area (Å²) in [5.41, 5.74) is 0.965. The summed E-state index contributed by atoms with van der Waals surface area (Å²) in [5.74, 6) is -0.877. The zero-order valence-electron chi connectivity index (χ0n) is 14.6. The third kappa shape index (κ3) is 4.46. The lowest BCUT2D eigenvalue weighted by Crippen LogP contribution is -2.33. The van der Waals surface area contributed by atoms with E-state index < -0.39 is 15.9 Å². The average molecular weight is 380 g/mol. The van der Waals surface area contributed by atoms with E-state index in [0.717, 1.165) is 4.31 Å². The summed E-state index contributed by atoms with van der Waals surface area (Å²) < 4.78 is 39.7. The molecule has 0 unspecified atom stereocenters. The van der Waals surface area contributed by atoms with Gasteiger partial charge in [0.05, 0.1) is 11.5 Å². The molecule has 0 aliphatic heterocycles. The highest BCUT2D eigenvalue weighted by atomic mass is 32.2. The van der Waals surface area contributed by atoms with E-state index in [4.69, 9.17) is 5.11 Å². The number of rotatable bonds is 7. The number of aryl methyl sites for hydroxylation is 1. The van der Waals surface area contributed by atoms with Crippen molar-refractivity contribution in [2.24, 2.45) is 0 Å². The first-order valence-corrected chi connectivity index (χ1v) is 9.52. The van der Waals surface area contributed by atoms with Gasteiger partial charge in [-0.15, -0.1) is 0 Å². The Morgan fingerprint density at radius 3 is 2.58 bits per heavy atom. The predicted molar refractivity (Wildman–Crippen MR) is 97.1 cm³/mol. The van der Waals surface area contributed by atoms with Crippen LogP contribution in [-0.2, 0) is 10.0 Å². The first-order valence-electron chi connectivity index (χ1n) is 8.08. The van der Waals surface area contributed by atoms with Crippen LogP contribution in [0.3, 0.4) is 0 Å². The van der Waals surface area contributed by atoms with E-state index in [1.165, 1.54) is 42.5 Å². The number of aliphatic hydroxyl groups is 1. The largest absolute Gasteiger partial charge is 0.395 e. The van der Waals surface area contributed by atoms with E-state index >= 15 is 0 Å². The van der Waals surface area contributed by atoms with E-state index in [1.54, 1.807) is 13.8 Å². The molecule has 6 nitrogen and oxygen atoms in total. The van der Waals surface area contributed by atoms with Crippen LogP contribution < -0.4 is 5.32 Å².